The van der Waals surface area contributed by atoms with Crippen LogP contribution in [0.4, 0.5) is 0 Å². The molecule has 1 amide bonds. The third kappa shape index (κ3) is 4.65. The van der Waals surface area contributed by atoms with Gasteiger partial charge < -0.3 is 14.6 Å². The van der Waals surface area contributed by atoms with E-state index in [2.05, 4.69) is 10.3 Å². The molecule has 0 unspecified atom stereocenters. The Labute approximate surface area is 162 Å². The molecule has 0 saturated heterocycles. The summed E-state index contributed by atoms with van der Waals surface area (Å²) in [5.74, 6) is 0.299. The van der Waals surface area contributed by atoms with Gasteiger partial charge in [-0.1, -0.05) is 29.8 Å². The van der Waals surface area contributed by atoms with Crippen LogP contribution in [0.2, 0.25) is 5.02 Å². The minimum atomic E-state index is -0.325. The first-order valence-electron chi connectivity index (χ1n) is 8.63. The van der Waals surface area contributed by atoms with E-state index in [1.54, 1.807) is 24.3 Å². The standard InChI is InChI=1S/C20H20ClN3O3/c1-27-19(25)13-24-17-9-3-2-8-16(17)23-18(24)10-5-11-22-20(26)14-6-4-7-15(21)12-14/h2-4,6-9,12H,5,10-11,13H2,1H3,(H,22,26). The average Bonchev–Trinajstić information content (AvgIpc) is 3.02. The summed E-state index contributed by atoms with van der Waals surface area (Å²) in [6, 6.07) is 14.5. The van der Waals surface area contributed by atoms with Gasteiger partial charge in [0.1, 0.15) is 12.4 Å². The smallest absolute Gasteiger partial charge is 0.325 e. The van der Waals surface area contributed by atoms with Gasteiger partial charge in [-0.05, 0) is 36.8 Å². The van der Waals surface area contributed by atoms with E-state index in [0.29, 0.717) is 30.0 Å². The van der Waals surface area contributed by atoms with E-state index < -0.39 is 0 Å². The van der Waals surface area contributed by atoms with E-state index in [0.717, 1.165) is 16.9 Å². The Bertz CT molecular complexity index is 968. The van der Waals surface area contributed by atoms with Crippen molar-refractivity contribution < 1.29 is 14.3 Å². The summed E-state index contributed by atoms with van der Waals surface area (Å²) in [6.45, 7) is 0.605. The lowest BCUT2D eigenvalue weighted by atomic mass is 10.2. The molecule has 3 rings (SSSR count). The van der Waals surface area contributed by atoms with E-state index in [1.165, 1.54) is 7.11 Å². The summed E-state index contributed by atoms with van der Waals surface area (Å²) >= 11 is 5.91. The molecule has 0 spiro atoms. The Morgan fingerprint density at radius 3 is 2.78 bits per heavy atom. The molecule has 2 aromatic carbocycles. The van der Waals surface area contributed by atoms with Crippen LogP contribution in [0.1, 0.15) is 22.6 Å². The number of methoxy groups -OCH3 is 1. The lowest BCUT2D eigenvalue weighted by Gasteiger charge is -2.09. The second-order valence-corrected chi connectivity index (χ2v) is 6.49. The highest BCUT2D eigenvalue weighted by atomic mass is 35.5. The molecule has 1 aromatic heterocycles. The monoisotopic (exact) mass is 385 g/mol. The number of hydrogen-bond acceptors (Lipinski definition) is 4. The summed E-state index contributed by atoms with van der Waals surface area (Å²) in [6.07, 6.45) is 1.32. The van der Waals surface area contributed by atoms with Crippen LogP contribution in [0.5, 0.6) is 0 Å². The van der Waals surface area contributed by atoms with Crippen molar-refractivity contribution in [1.82, 2.24) is 14.9 Å². The molecular weight excluding hydrogens is 366 g/mol. The number of hydrogen-bond donors (Lipinski definition) is 1. The number of aryl methyl sites for hydroxylation is 1. The van der Waals surface area contributed by atoms with Crippen LogP contribution < -0.4 is 5.32 Å². The maximum absolute atomic E-state index is 12.1. The number of carbonyl (C=O) groups excluding carboxylic acids is 2. The van der Waals surface area contributed by atoms with Crippen molar-refractivity contribution in [3.8, 4) is 0 Å². The quantitative estimate of drug-likeness (QED) is 0.500. The highest BCUT2D eigenvalue weighted by Crippen LogP contribution is 2.17. The molecule has 0 atom stereocenters. The fraction of sp³-hybridized carbons (Fsp3) is 0.250. The van der Waals surface area contributed by atoms with Crippen LogP contribution in [-0.2, 0) is 22.5 Å². The number of ether oxygens (including phenoxy) is 1. The molecule has 0 saturated carbocycles. The van der Waals surface area contributed by atoms with Crippen LogP contribution >= 0.6 is 11.6 Å². The molecule has 0 aliphatic carbocycles. The highest BCUT2D eigenvalue weighted by Gasteiger charge is 2.14. The Morgan fingerprint density at radius 2 is 2.00 bits per heavy atom. The minimum Gasteiger partial charge on any atom is -0.468 e. The van der Waals surface area contributed by atoms with Gasteiger partial charge in [0, 0.05) is 23.6 Å². The van der Waals surface area contributed by atoms with Gasteiger partial charge in [0.25, 0.3) is 5.91 Å². The first kappa shape index (κ1) is 18.9. The first-order valence-corrected chi connectivity index (χ1v) is 9.01. The molecule has 0 radical (unpaired) electrons. The van der Waals surface area contributed by atoms with Gasteiger partial charge in [0.15, 0.2) is 0 Å². The molecule has 0 aliphatic rings. The van der Waals surface area contributed by atoms with Crippen LogP contribution in [0.25, 0.3) is 11.0 Å². The zero-order chi connectivity index (χ0) is 19.2. The number of nitrogens with zero attached hydrogens (tertiary/aromatic N) is 2. The molecule has 0 bridgehead atoms. The minimum absolute atomic E-state index is 0.112. The number of amides is 1. The molecule has 7 heteroatoms. The number of rotatable bonds is 7. The van der Waals surface area contributed by atoms with Gasteiger partial charge in [-0.25, -0.2) is 4.98 Å². The highest BCUT2D eigenvalue weighted by molar-refractivity contribution is 6.30. The number of carbonyl (C=O) groups is 2. The normalized spacial score (nSPS) is 10.7. The van der Waals surface area contributed by atoms with E-state index in [4.69, 9.17) is 16.3 Å². The van der Waals surface area contributed by atoms with Crippen LogP contribution in [0.15, 0.2) is 48.5 Å². The van der Waals surface area contributed by atoms with Crippen LogP contribution in [0, 0.1) is 0 Å². The largest absolute Gasteiger partial charge is 0.468 e. The zero-order valence-corrected chi connectivity index (χ0v) is 15.7. The number of aromatic nitrogens is 2. The zero-order valence-electron chi connectivity index (χ0n) is 14.9. The Morgan fingerprint density at radius 1 is 1.19 bits per heavy atom. The van der Waals surface area contributed by atoms with Crippen molar-refractivity contribution in [2.75, 3.05) is 13.7 Å². The molecule has 27 heavy (non-hydrogen) atoms. The first-order chi connectivity index (χ1) is 13.1. The molecule has 140 valence electrons. The molecule has 6 nitrogen and oxygen atoms in total. The third-order valence-electron chi connectivity index (χ3n) is 4.20. The van der Waals surface area contributed by atoms with Gasteiger partial charge in [0.2, 0.25) is 0 Å². The summed E-state index contributed by atoms with van der Waals surface area (Å²) in [7, 11) is 1.37. The molecule has 1 heterocycles. The molecule has 1 N–H and O–H groups in total. The predicted molar refractivity (Wildman–Crippen MR) is 104 cm³/mol. The lowest BCUT2D eigenvalue weighted by Crippen LogP contribution is -2.25. The summed E-state index contributed by atoms with van der Waals surface area (Å²) in [5, 5.41) is 3.40. The maximum Gasteiger partial charge on any atom is 0.325 e. The van der Waals surface area contributed by atoms with Crippen molar-refractivity contribution in [3.05, 3.63) is 64.9 Å². The van der Waals surface area contributed by atoms with Crippen molar-refractivity contribution in [3.63, 3.8) is 0 Å². The summed E-state index contributed by atoms with van der Waals surface area (Å²) < 4.78 is 6.65. The number of benzene rings is 2. The van der Waals surface area contributed by atoms with Gasteiger partial charge in [-0.3, -0.25) is 9.59 Å². The fourth-order valence-corrected chi connectivity index (χ4v) is 3.06. The van der Waals surface area contributed by atoms with Gasteiger partial charge in [0.05, 0.1) is 18.1 Å². The summed E-state index contributed by atoms with van der Waals surface area (Å²) in [5.41, 5.74) is 2.25. The van der Waals surface area contributed by atoms with Gasteiger partial charge >= 0.3 is 5.97 Å². The number of imidazole rings is 1. The SMILES string of the molecule is COC(=O)Cn1c(CCCNC(=O)c2cccc(Cl)c2)nc2ccccc21. The van der Waals surface area contributed by atoms with Crippen LogP contribution in [-0.4, -0.2) is 35.1 Å². The number of halogens is 1. The average molecular weight is 386 g/mol. The Kier molecular flexibility index (Phi) is 6.08. The Balaban J connectivity index is 1.63. The third-order valence-corrected chi connectivity index (χ3v) is 4.43. The molecule has 3 aromatic rings. The number of para-hydroxylation sites is 2. The summed E-state index contributed by atoms with van der Waals surface area (Å²) in [4.78, 5) is 28.5. The van der Waals surface area contributed by atoms with Crippen molar-refractivity contribution >= 4 is 34.5 Å². The van der Waals surface area contributed by atoms with E-state index >= 15 is 0 Å². The number of fused-ring (bicyclic) bond motifs is 1. The van der Waals surface area contributed by atoms with Crippen molar-refractivity contribution in [2.24, 2.45) is 0 Å². The second-order valence-electron chi connectivity index (χ2n) is 6.05. The van der Waals surface area contributed by atoms with Crippen molar-refractivity contribution in [2.45, 2.75) is 19.4 Å². The van der Waals surface area contributed by atoms with E-state index in [-0.39, 0.29) is 18.4 Å². The molecule has 0 fully saturated rings. The molecule has 0 aliphatic heterocycles. The lowest BCUT2D eigenvalue weighted by molar-refractivity contribution is -0.141. The van der Waals surface area contributed by atoms with Crippen molar-refractivity contribution in [1.29, 1.82) is 0 Å². The van der Waals surface area contributed by atoms with E-state index in [1.807, 2.05) is 28.8 Å². The fourth-order valence-electron chi connectivity index (χ4n) is 2.87. The Hall–Kier alpha value is -2.86. The number of esters is 1. The maximum atomic E-state index is 12.1. The van der Waals surface area contributed by atoms with Gasteiger partial charge in [-0.2, -0.15) is 0 Å². The van der Waals surface area contributed by atoms with E-state index in [9.17, 15) is 9.59 Å². The van der Waals surface area contributed by atoms with Gasteiger partial charge in [-0.15, -0.1) is 0 Å². The molecular formula is C20H20ClN3O3. The second kappa shape index (κ2) is 8.68. The van der Waals surface area contributed by atoms with Crippen LogP contribution in [0.3, 0.4) is 0 Å². The number of nitrogens with one attached hydrogen (secondary N) is 1. The predicted octanol–water partition coefficient (Wildman–Crippen LogP) is 3.23. The topological polar surface area (TPSA) is 73.2 Å².